The van der Waals surface area contributed by atoms with Gasteiger partial charge in [0, 0.05) is 17.0 Å². The number of thiophene rings is 1. The first-order chi connectivity index (χ1) is 9.07. The van der Waals surface area contributed by atoms with Crippen LogP contribution in [0.3, 0.4) is 0 Å². The molecule has 0 aliphatic carbocycles. The Labute approximate surface area is 123 Å². The molecule has 0 saturated carbocycles. The van der Waals surface area contributed by atoms with Crippen molar-refractivity contribution < 1.29 is 16.8 Å². The summed E-state index contributed by atoms with van der Waals surface area (Å²) in [4.78, 5) is 0.814. The second kappa shape index (κ2) is 5.06. The number of nitrogens with two attached hydrogens (primary N) is 1. The second-order valence-electron chi connectivity index (χ2n) is 5.38. The lowest BCUT2D eigenvalue weighted by Crippen LogP contribution is -2.46. The van der Waals surface area contributed by atoms with Crippen LogP contribution in [0.25, 0.3) is 0 Å². The number of hydrogen-bond acceptors (Lipinski definition) is 6. The van der Waals surface area contributed by atoms with Gasteiger partial charge in [0.15, 0.2) is 9.84 Å². The largest absolute Gasteiger partial charge is 0.326 e. The fourth-order valence-corrected chi connectivity index (χ4v) is 7.38. The van der Waals surface area contributed by atoms with Gasteiger partial charge in [0.2, 0.25) is 0 Å². The maximum Gasteiger partial charge on any atom is 0.250 e. The van der Waals surface area contributed by atoms with Gasteiger partial charge >= 0.3 is 0 Å². The van der Waals surface area contributed by atoms with Gasteiger partial charge in [-0.1, -0.05) is 0 Å². The van der Waals surface area contributed by atoms with E-state index < -0.39 is 25.4 Å². The van der Waals surface area contributed by atoms with Crippen molar-refractivity contribution >= 4 is 31.2 Å². The predicted molar refractivity (Wildman–Crippen MR) is 78.9 cm³/mol. The molecule has 1 aromatic rings. The fourth-order valence-electron chi connectivity index (χ4n) is 2.29. The minimum absolute atomic E-state index is 0.0174. The van der Waals surface area contributed by atoms with Gasteiger partial charge in [0.05, 0.1) is 11.5 Å². The summed E-state index contributed by atoms with van der Waals surface area (Å²) in [7, 11) is -6.88. The molecule has 1 atom stereocenters. The van der Waals surface area contributed by atoms with E-state index in [0.717, 1.165) is 21.8 Å². The third kappa shape index (κ3) is 3.22. The Balaban J connectivity index is 2.28. The van der Waals surface area contributed by atoms with Crippen LogP contribution >= 0.6 is 11.3 Å². The van der Waals surface area contributed by atoms with E-state index in [2.05, 4.69) is 4.72 Å². The molecule has 0 aromatic carbocycles. The number of sulfone groups is 1. The molecule has 3 N–H and O–H groups in total. The molecule has 1 aliphatic heterocycles. The van der Waals surface area contributed by atoms with Crippen LogP contribution < -0.4 is 10.5 Å². The van der Waals surface area contributed by atoms with Crippen molar-refractivity contribution in [1.82, 2.24) is 4.72 Å². The molecule has 9 heteroatoms. The van der Waals surface area contributed by atoms with Crippen molar-refractivity contribution in [2.75, 3.05) is 11.5 Å². The second-order valence-corrected chi connectivity index (χ2v) is 10.6. The SMILES string of the molecule is Cc1cc(S(=O)(=O)NC2(C)CCS(=O)(=O)C2)sc1CN. The molecule has 2 heterocycles. The molecule has 0 bridgehead atoms. The van der Waals surface area contributed by atoms with Crippen molar-refractivity contribution in [2.24, 2.45) is 5.73 Å². The molecule has 0 radical (unpaired) electrons. The molecule has 20 heavy (non-hydrogen) atoms. The number of sulfonamides is 1. The summed E-state index contributed by atoms with van der Waals surface area (Å²) in [6.07, 6.45) is 0.294. The molecular weight excluding hydrogens is 320 g/mol. The lowest BCUT2D eigenvalue weighted by molar-refractivity contribution is 0.462. The van der Waals surface area contributed by atoms with Crippen LogP contribution in [0.4, 0.5) is 0 Å². The van der Waals surface area contributed by atoms with Crippen LogP contribution in [0.15, 0.2) is 10.3 Å². The normalized spacial score (nSPS) is 25.9. The van der Waals surface area contributed by atoms with Crippen LogP contribution in [-0.2, 0) is 26.4 Å². The Hall–Kier alpha value is -0.480. The van der Waals surface area contributed by atoms with E-state index in [9.17, 15) is 16.8 Å². The number of nitrogens with one attached hydrogen (secondary N) is 1. The minimum Gasteiger partial charge on any atom is -0.326 e. The van der Waals surface area contributed by atoms with Crippen LogP contribution in [-0.4, -0.2) is 33.9 Å². The Bertz CT molecular complexity index is 721. The lowest BCUT2D eigenvalue weighted by atomic mass is 10.0. The monoisotopic (exact) mass is 338 g/mol. The number of hydrogen-bond donors (Lipinski definition) is 2. The van der Waals surface area contributed by atoms with Crippen molar-refractivity contribution in [3.05, 3.63) is 16.5 Å². The zero-order valence-electron chi connectivity index (χ0n) is 11.3. The van der Waals surface area contributed by atoms with E-state index in [-0.39, 0.29) is 22.3 Å². The van der Waals surface area contributed by atoms with E-state index in [1.165, 1.54) is 0 Å². The maximum absolute atomic E-state index is 12.3. The summed E-state index contributed by atoms with van der Waals surface area (Å²) in [5.41, 5.74) is 5.45. The summed E-state index contributed by atoms with van der Waals surface area (Å²) < 4.78 is 50.5. The van der Waals surface area contributed by atoms with E-state index in [0.29, 0.717) is 6.42 Å². The summed E-state index contributed by atoms with van der Waals surface area (Å²) >= 11 is 1.12. The standard InChI is InChI=1S/C11H18N2O4S3/c1-8-5-10(18-9(8)6-12)20(16,17)13-11(2)3-4-19(14,15)7-11/h5,13H,3-4,6-7,12H2,1-2H3. The minimum atomic E-state index is -3.72. The molecule has 1 aliphatic rings. The van der Waals surface area contributed by atoms with Gasteiger partial charge in [-0.3, -0.25) is 0 Å². The molecular formula is C11H18N2O4S3. The smallest absolute Gasteiger partial charge is 0.250 e. The summed E-state index contributed by atoms with van der Waals surface area (Å²) in [5.74, 6) is -0.142. The summed E-state index contributed by atoms with van der Waals surface area (Å²) in [6, 6.07) is 1.57. The van der Waals surface area contributed by atoms with Crippen LogP contribution in [0.5, 0.6) is 0 Å². The van der Waals surface area contributed by atoms with Gasteiger partial charge in [-0.2, -0.15) is 0 Å². The van der Waals surface area contributed by atoms with E-state index in [1.54, 1.807) is 19.9 Å². The highest BCUT2D eigenvalue weighted by Gasteiger charge is 2.41. The zero-order valence-corrected chi connectivity index (χ0v) is 13.8. The summed E-state index contributed by atoms with van der Waals surface area (Å²) in [6.45, 7) is 3.72. The van der Waals surface area contributed by atoms with Crippen molar-refractivity contribution in [3.8, 4) is 0 Å². The molecule has 1 aromatic heterocycles. The third-order valence-corrected chi connectivity index (χ3v) is 8.61. The van der Waals surface area contributed by atoms with Crippen molar-refractivity contribution in [2.45, 2.75) is 36.6 Å². The van der Waals surface area contributed by atoms with Gasteiger partial charge in [-0.15, -0.1) is 11.3 Å². The fraction of sp³-hybridized carbons (Fsp3) is 0.636. The Morgan fingerprint density at radius 1 is 1.50 bits per heavy atom. The van der Waals surface area contributed by atoms with E-state index >= 15 is 0 Å². The lowest BCUT2D eigenvalue weighted by Gasteiger charge is -2.22. The van der Waals surface area contributed by atoms with Crippen molar-refractivity contribution in [1.29, 1.82) is 0 Å². The maximum atomic E-state index is 12.3. The molecule has 1 unspecified atom stereocenters. The Morgan fingerprint density at radius 3 is 2.60 bits per heavy atom. The van der Waals surface area contributed by atoms with E-state index in [1.807, 2.05) is 0 Å². The number of aryl methyl sites for hydroxylation is 1. The van der Waals surface area contributed by atoms with E-state index in [4.69, 9.17) is 5.73 Å². The van der Waals surface area contributed by atoms with Gasteiger partial charge in [-0.05, 0) is 31.9 Å². The highest BCUT2D eigenvalue weighted by atomic mass is 32.2. The Kier molecular flexibility index (Phi) is 4.02. The molecule has 114 valence electrons. The Morgan fingerprint density at radius 2 is 2.15 bits per heavy atom. The average molecular weight is 338 g/mol. The van der Waals surface area contributed by atoms with Gasteiger partial charge in [-0.25, -0.2) is 21.6 Å². The highest BCUT2D eigenvalue weighted by molar-refractivity contribution is 7.92. The molecule has 0 amide bonds. The first-order valence-corrected chi connectivity index (χ1v) is 10.2. The van der Waals surface area contributed by atoms with Crippen LogP contribution in [0, 0.1) is 6.92 Å². The zero-order chi connectivity index (χ0) is 15.2. The topological polar surface area (TPSA) is 106 Å². The first kappa shape index (κ1) is 15.9. The van der Waals surface area contributed by atoms with Gasteiger partial charge in [0.1, 0.15) is 4.21 Å². The summed E-state index contributed by atoms with van der Waals surface area (Å²) in [5, 5.41) is 0. The molecule has 1 fully saturated rings. The van der Waals surface area contributed by atoms with Gasteiger partial charge < -0.3 is 5.73 Å². The highest BCUT2D eigenvalue weighted by Crippen LogP contribution is 2.29. The molecule has 6 nitrogen and oxygen atoms in total. The van der Waals surface area contributed by atoms with Gasteiger partial charge in [0.25, 0.3) is 10.0 Å². The molecule has 2 rings (SSSR count). The predicted octanol–water partition coefficient (Wildman–Crippen LogP) is 0.371. The van der Waals surface area contributed by atoms with Crippen LogP contribution in [0.2, 0.25) is 0 Å². The first-order valence-electron chi connectivity index (χ1n) is 6.11. The van der Waals surface area contributed by atoms with Crippen LogP contribution in [0.1, 0.15) is 23.8 Å². The number of rotatable bonds is 4. The quantitative estimate of drug-likeness (QED) is 0.825. The average Bonchev–Trinajstić information content (AvgIpc) is 2.79. The molecule has 1 saturated heterocycles. The van der Waals surface area contributed by atoms with Crippen molar-refractivity contribution in [3.63, 3.8) is 0 Å². The molecule has 0 spiro atoms. The third-order valence-electron chi connectivity index (χ3n) is 3.33.